The number of aromatic nitrogens is 2. The van der Waals surface area contributed by atoms with Crippen LogP contribution < -0.4 is 14.8 Å². The van der Waals surface area contributed by atoms with Crippen molar-refractivity contribution in [3.05, 3.63) is 102 Å². The second-order valence-corrected chi connectivity index (χ2v) is 9.22. The number of carbonyl (C=O) groups excluding carboxylic acids is 1. The number of aliphatic carboxylic acids is 1. The Morgan fingerprint density at radius 3 is 2.20 bits per heavy atom. The van der Waals surface area contributed by atoms with E-state index < -0.39 is 35.7 Å². The van der Waals surface area contributed by atoms with Gasteiger partial charge in [0.2, 0.25) is 5.88 Å². The molecule has 14 heteroatoms. The molecule has 1 amide bonds. The molecule has 2 N–H and O–H groups in total. The van der Waals surface area contributed by atoms with Gasteiger partial charge in [-0.05, 0) is 66.1 Å². The van der Waals surface area contributed by atoms with Crippen LogP contribution in [0, 0.1) is 0 Å². The Morgan fingerprint density at radius 1 is 0.955 bits per heavy atom. The number of allylic oxidation sites excluding steroid dienone is 1. The molecule has 4 rings (SSSR count). The molecule has 0 saturated carbocycles. The number of benzene rings is 3. The summed E-state index contributed by atoms with van der Waals surface area (Å²) in [5.74, 6) is -2.02. The van der Waals surface area contributed by atoms with Crippen molar-refractivity contribution in [3.63, 3.8) is 0 Å². The van der Waals surface area contributed by atoms with Gasteiger partial charge in [0.25, 0.3) is 5.91 Å². The normalized spacial score (nSPS) is 11.6. The summed E-state index contributed by atoms with van der Waals surface area (Å²) in [7, 11) is 0. The standard InChI is InChI=1S/C30H23F6N3O5/c1-2-3-19-4-9-21(29(31,32)33)16-25(19)39-17-24(18-5-12-23(13-6-18)44-30(34,35)36)28(38-39)43-22-10-7-20(8-11-22)27(42)37-15-14-26(40)41/h2,4-13,16-17H,1,3,14-15H2,(H,37,42)(H,40,41). The quantitative estimate of drug-likeness (QED) is 0.136. The number of amides is 1. The van der Waals surface area contributed by atoms with E-state index in [1.165, 1.54) is 59.4 Å². The highest BCUT2D eigenvalue weighted by atomic mass is 19.4. The van der Waals surface area contributed by atoms with Gasteiger partial charge < -0.3 is 19.9 Å². The molecule has 0 radical (unpaired) electrons. The zero-order chi connectivity index (χ0) is 32.1. The van der Waals surface area contributed by atoms with E-state index in [2.05, 4.69) is 21.7 Å². The van der Waals surface area contributed by atoms with Gasteiger partial charge in [0.1, 0.15) is 11.5 Å². The van der Waals surface area contributed by atoms with Crippen molar-refractivity contribution in [1.82, 2.24) is 15.1 Å². The lowest BCUT2D eigenvalue weighted by atomic mass is 10.1. The van der Waals surface area contributed by atoms with Gasteiger partial charge in [-0.2, -0.15) is 13.2 Å². The molecule has 3 aromatic carbocycles. The molecule has 8 nitrogen and oxygen atoms in total. The molecule has 0 saturated heterocycles. The third-order valence-corrected chi connectivity index (χ3v) is 6.06. The molecule has 1 aromatic heterocycles. The molecule has 0 fully saturated rings. The highest BCUT2D eigenvalue weighted by Crippen LogP contribution is 2.37. The van der Waals surface area contributed by atoms with Crippen molar-refractivity contribution in [2.45, 2.75) is 25.4 Å². The van der Waals surface area contributed by atoms with Crippen LogP contribution in [-0.4, -0.2) is 39.7 Å². The van der Waals surface area contributed by atoms with Gasteiger partial charge in [-0.1, -0.05) is 24.3 Å². The third kappa shape index (κ3) is 8.18. The van der Waals surface area contributed by atoms with Crippen molar-refractivity contribution in [3.8, 4) is 34.2 Å². The van der Waals surface area contributed by atoms with Crippen LogP contribution >= 0.6 is 0 Å². The van der Waals surface area contributed by atoms with Gasteiger partial charge in [0, 0.05) is 18.3 Å². The number of carboxylic acids is 1. The van der Waals surface area contributed by atoms with Gasteiger partial charge in [-0.3, -0.25) is 9.59 Å². The highest BCUT2D eigenvalue weighted by Gasteiger charge is 2.32. The molecule has 230 valence electrons. The van der Waals surface area contributed by atoms with Crippen molar-refractivity contribution in [2.24, 2.45) is 0 Å². The minimum atomic E-state index is -4.91. The highest BCUT2D eigenvalue weighted by molar-refractivity contribution is 5.94. The van der Waals surface area contributed by atoms with Crippen molar-refractivity contribution in [2.75, 3.05) is 6.54 Å². The van der Waals surface area contributed by atoms with Crippen LogP contribution in [0.3, 0.4) is 0 Å². The molecule has 1 heterocycles. The first-order valence-corrected chi connectivity index (χ1v) is 12.8. The van der Waals surface area contributed by atoms with Gasteiger partial charge in [-0.15, -0.1) is 24.8 Å². The van der Waals surface area contributed by atoms with E-state index in [9.17, 15) is 35.9 Å². The van der Waals surface area contributed by atoms with Crippen molar-refractivity contribution >= 4 is 11.9 Å². The topological polar surface area (TPSA) is 103 Å². The minimum Gasteiger partial charge on any atom is -0.481 e. The van der Waals surface area contributed by atoms with Crippen LogP contribution in [0.5, 0.6) is 17.4 Å². The first kappa shape index (κ1) is 31.7. The SMILES string of the molecule is C=CCc1ccc(C(F)(F)F)cc1-n1cc(-c2ccc(OC(F)(F)F)cc2)c(Oc2ccc(C(=O)NCCC(=O)O)cc2)n1. The van der Waals surface area contributed by atoms with Crippen LogP contribution in [0.4, 0.5) is 26.3 Å². The van der Waals surface area contributed by atoms with E-state index in [1.807, 2.05) is 0 Å². The van der Waals surface area contributed by atoms with Crippen LogP contribution in [-0.2, 0) is 17.4 Å². The summed E-state index contributed by atoms with van der Waals surface area (Å²) >= 11 is 0. The van der Waals surface area contributed by atoms with Gasteiger partial charge in [-0.25, -0.2) is 4.68 Å². The summed E-state index contributed by atoms with van der Waals surface area (Å²) in [6.07, 6.45) is -6.73. The fourth-order valence-electron chi connectivity index (χ4n) is 4.04. The lowest BCUT2D eigenvalue weighted by molar-refractivity contribution is -0.274. The summed E-state index contributed by atoms with van der Waals surface area (Å²) in [5, 5.41) is 15.5. The molecule has 0 aliphatic carbocycles. The molecule has 4 aromatic rings. The van der Waals surface area contributed by atoms with E-state index in [1.54, 1.807) is 0 Å². The summed E-state index contributed by atoms with van der Waals surface area (Å²) < 4.78 is 89.7. The zero-order valence-corrected chi connectivity index (χ0v) is 22.6. The van der Waals surface area contributed by atoms with E-state index in [0.717, 1.165) is 24.3 Å². The number of halogens is 6. The second kappa shape index (κ2) is 12.9. The van der Waals surface area contributed by atoms with E-state index >= 15 is 0 Å². The summed E-state index contributed by atoms with van der Waals surface area (Å²) in [5.41, 5.74) is 0.341. The molecule has 0 spiro atoms. The number of carboxylic acid groups (broad SMARTS) is 1. The molecule has 0 aliphatic heterocycles. The van der Waals surface area contributed by atoms with Crippen LogP contribution in [0.2, 0.25) is 0 Å². The Kier molecular flexibility index (Phi) is 9.31. The molecule has 0 bridgehead atoms. The number of carbonyl (C=O) groups is 2. The van der Waals surface area contributed by atoms with E-state index in [-0.39, 0.29) is 47.8 Å². The van der Waals surface area contributed by atoms with Crippen molar-refractivity contribution < 1.29 is 50.5 Å². The molecule has 0 unspecified atom stereocenters. The first-order valence-electron chi connectivity index (χ1n) is 12.8. The van der Waals surface area contributed by atoms with E-state index in [4.69, 9.17) is 9.84 Å². The number of nitrogens with one attached hydrogen (secondary N) is 1. The second-order valence-electron chi connectivity index (χ2n) is 9.22. The summed E-state index contributed by atoms with van der Waals surface area (Å²) in [4.78, 5) is 22.9. The Bertz CT molecular complexity index is 1650. The van der Waals surface area contributed by atoms with Gasteiger partial charge in [0.15, 0.2) is 0 Å². The first-order chi connectivity index (χ1) is 20.7. The number of hydrogen-bond acceptors (Lipinski definition) is 5. The van der Waals surface area contributed by atoms with Crippen LogP contribution in [0.15, 0.2) is 85.6 Å². The average molecular weight is 620 g/mol. The monoisotopic (exact) mass is 619 g/mol. The maximum absolute atomic E-state index is 13.6. The molecule has 0 atom stereocenters. The van der Waals surface area contributed by atoms with E-state index in [0.29, 0.717) is 11.1 Å². The Hall–Kier alpha value is -5.27. The predicted molar refractivity (Wildman–Crippen MR) is 146 cm³/mol. The van der Waals surface area contributed by atoms with Gasteiger partial charge in [0.05, 0.1) is 23.2 Å². The molecular formula is C30H23F6N3O5. The number of alkyl halides is 6. The Balaban J connectivity index is 1.72. The molecular weight excluding hydrogens is 596 g/mol. The maximum atomic E-state index is 13.6. The molecule has 44 heavy (non-hydrogen) atoms. The average Bonchev–Trinajstić information content (AvgIpc) is 3.36. The zero-order valence-electron chi connectivity index (χ0n) is 22.6. The smallest absolute Gasteiger partial charge is 0.481 e. The lowest BCUT2D eigenvalue weighted by Crippen LogP contribution is -2.25. The Morgan fingerprint density at radius 2 is 1.61 bits per heavy atom. The fourth-order valence-corrected chi connectivity index (χ4v) is 4.04. The number of rotatable bonds is 11. The minimum absolute atomic E-state index is 0.0706. The number of hydrogen-bond donors (Lipinski definition) is 2. The predicted octanol–water partition coefficient (Wildman–Crippen LogP) is 7.18. The fraction of sp³-hybridized carbons (Fsp3) is 0.167. The lowest BCUT2D eigenvalue weighted by Gasteiger charge is -2.13. The summed E-state index contributed by atoms with van der Waals surface area (Å²) in [6.45, 7) is 3.56. The Labute approximate surface area is 246 Å². The van der Waals surface area contributed by atoms with Crippen molar-refractivity contribution in [1.29, 1.82) is 0 Å². The third-order valence-electron chi connectivity index (χ3n) is 6.06. The largest absolute Gasteiger partial charge is 0.573 e. The molecule has 0 aliphatic rings. The summed E-state index contributed by atoms with van der Waals surface area (Å²) in [6, 6.07) is 13.5. The van der Waals surface area contributed by atoms with Crippen LogP contribution in [0.1, 0.15) is 27.9 Å². The number of nitrogens with zero attached hydrogens (tertiary/aromatic N) is 2. The van der Waals surface area contributed by atoms with Crippen LogP contribution in [0.25, 0.3) is 16.8 Å². The number of ether oxygens (including phenoxy) is 2. The maximum Gasteiger partial charge on any atom is 0.573 e. The van der Waals surface area contributed by atoms with Gasteiger partial charge >= 0.3 is 18.5 Å².